The lowest BCUT2D eigenvalue weighted by molar-refractivity contribution is -0.551. The zero-order valence-electron chi connectivity index (χ0n) is 25.5. The van der Waals surface area contributed by atoms with Gasteiger partial charge in [-0.15, -0.1) is 6.58 Å². The minimum atomic E-state index is -1.05. The highest BCUT2D eigenvalue weighted by Gasteiger charge is 2.28. The summed E-state index contributed by atoms with van der Waals surface area (Å²) in [6, 6.07) is 6.10. The quantitative estimate of drug-likeness (QED) is 0.305. The molecule has 2 atom stereocenters. The van der Waals surface area contributed by atoms with Gasteiger partial charge in [-0.2, -0.15) is 0 Å². The van der Waals surface area contributed by atoms with E-state index in [1.54, 1.807) is 47.2 Å². The van der Waals surface area contributed by atoms with Crippen LogP contribution in [0.3, 0.4) is 0 Å². The van der Waals surface area contributed by atoms with E-state index in [0.717, 1.165) is 36.9 Å². The van der Waals surface area contributed by atoms with Gasteiger partial charge in [0.1, 0.15) is 19.1 Å². The Hall–Kier alpha value is -4.93. The number of rotatable bonds is 10. The molecule has 2 aliphatic heterocycles. The van der Waals surface area contributed by atoms with Gasteiger partial charge in [-0.1, -0.05) is 5.76 Å². The van der Waals surface area contributed by atoms with E-state index in [-0.39, 0.29) is 23.3 Å². The Morgan fingerprint density at radius 2 is 1.11 bits per heavy atom. The summed E-state index contributed by atoms with van der Waals surface area (Å²) in [5.41, 5.74) is 1.60. The molecule has 0 aliphatic carbocycles. The van der Waals surface area contributed by atoms with Crippen LogP contribution in [-0.4, -0.2) is 91.4 Å². The molecule has 2 aromatic rings. The summed E-state index contributed by atoms with van der Waals surface area (Å²) >= 11 is 0. The van der Waals surface area contributed by atoms with Gasteiger partial charge in [0.2, 0.25) is 11.5 Å². The molecule has 2 heterocycles. The van der Waals surface area contributed by atoms with Crippen LogP contribution in [0.5, 0.6) is 34.5 Å². The van der Waals surface area contributed by atoms with Gasteiger partial charge >= 0.3 is 0 Å². The molecule has 0 bridgehead atoms. The maximum Gasteiger partial charge on any atom is 0.200 e. The van der Waals surface area contributed by atoms with Crippen molar-refractivity contribution in [1.82, 2.24) is 0 Å². The minimum Gasteiger partial charge on any atom is -0.871 e. The number of hydrogen-bond acceptors (Lipinski definition) is 9. The zero-order valence-corrected chi connectivity index (χ0v) is 25.5. The molecule has 0 saturated carbocycles. The van der Waals surface area contributed by atoms with Crippen LogP contribution >= 0.6 is 0 Å². The van der Waals surface area contributed by atoms with Crippen LogP contribution in [0.25, 0.3) is 12.2 Å². The SMILES string of the molecule is C=C([O-])[C@@H]1CCC[N+]1=C/C=C/c1cc(OC)c(O)c(OC)c1.COc1cc(/C=C/C=[N+]2CCC[C@H]2C(=O)[O-])cc(OC)c1O. The number of carbonyl (C=O) groups is 1. The standard InChI is InChI=1S/C17H21NO4.C16H19NO5/c1-12(19)14-7-5-9-18(14)8-4-6-13-10-15(21-2)17(20)16(11-13)22-3;1-21-13-9-11(10-14(22-2)15(13)18)5-3-7-17-8-4-6-12(17)16(19)20/h4,6,8,10-11,14,19H,1,5,7,9H2,2-3H3;3,5,7,9-10,12H,4,6,8H2,1-2H3,(H,19,20)/t14-;12-/m00/s1. The Balaban J connectivity index is 0.000000240. The summed E-state index contributed by atoms with van der Waals surface area (Å²) in [6.45, 7) is 5.07. The molecule has 2 fully saturated rings. The molecule has 0 aromatic heterocycles. The van der Waals surface area contributed by atoms with E-state index in [1.165, 1.54) is 28.4 Å². The van der Waals surface area contributed by atoms with E-state index in [4.69, 9.17) is 18.9 Å². The molecule has 11 heteroatoms. The van der Waals surface area contributed by atoms with Crippen molar-refractivity contribution in [2.75, 3.05) is 41.5 Å². The van der Waals surface area contributed by atoms with Crippen LogP contribution in [0.1, 0.15) is 36.8 Å². The summed E-state index contributed by atoms with van der Waals surface area (Å²) in [6.07, 6.45) is 14.2. The fourth-order valence-electron chi connectivity index (χ4n) is 5.08. The summed E-state index contributed by atoms with van der Waals surface area (Å²) in [5.74, 6) is 0.166. The highest BCUT2D eigenvalue weighted by Crippen LogP contribution is 2.38. The molecule has 2 aliphatic rings. The van der Waals surface area contributed by atoms with Crippen LogP contribution in [0.2, 0.25) is 0 Å². The van der Waals surface area contributed by atoms with Crippen LogP contribution in [-0.2, 0) is 4.79 Å². The second-order valence-corrected chi connectivity index (χ2v) is 10.1. The van der Waals surface area contributed by atoms with Gasteiger partial charge in [-0.05, 0) is 47.5 Å². The lowest BCUT2D eigenvalue weighted by Gasteiger charge is -2.13. The lowest BCUT2D eigenvalue weighted by atomic mass is 10.1. The van der Waals surface area contributed by atoms with Gasteiger partial charge in [0, 0.05) is 37.8 Å². The number of nitrogens with zero attached hydrogens (tertiary/aromatic N) is 2. The van der Waals surface area contributed by atoms with Gasteiger partial charge in [0.15, 0.2) is 47.5 Å². The van der Waals surface area contributed by atoms with E-state index in [0.29, 0.717) is 36.0 Å². The smallest absolute Gasteiger partial charge is 0.200 e. The van der Waals surface area contributed by atoms with Gasteiger partial charge in [-0.3, -0.25) is 0 Å². The Kier molecular flexibility index (Phi) is 12.3. The summed E-state index contributed by atoms with van der Waals surface area (Å²) in [7, 11) is 5.90. The molecule has 0 unspecified atom stereocenters. The number of phenolic OH excluding ortho intramolecular Hbond substituents is 2. The molecule has 2 N–H and O–H groups in total. The minimum absolute atomic E-state index is 0.0200. The lowest BCUT2D eigenvalue weighted by Crippen LogP contribution is -2.40. The maximum absolute atomic E-state index is 11.4. The van der Waals surface area contributed by atoms with E-state index < -0.39 is 12.0 Å². The topological polar surface area (TPSA) is 147 Å². The second kappa shape index (κ2) is 16.1. The van der Waals surface area contributed by atoms with Crippen molar-refractivity contribution in [1.29, 1.82) is 0 Å². The Labute approximate surface area is 257 Å². The van der Waals surface area contributed by atoms with Crippen molar-refractivity contribution in [3.63, 3.8) is 0 Å². The van der Waals surface area contributed by atoms with Crippen LogP contribution in [0.4, 0.5) is 0 Å². The number of hydrogen-bond donors (Lipinski definition) is 2. The van der Waals surface area contributed by atoms with E-state index in [1.807, 2.05) is 22.9 Å². The molecule has 236 valence electrons. The highest BCUT2D eigenvalue weighted by atomic mass is 16.5. The average molecular weight is 609 g/mol. The number of carbonyl (C=O) groups excluding carboxylic acids is 1. The van der Waals surface area contributed by atoms with E-state index in [2.05, 4.69) is 6.58 Å². The molecular weight excluding hydrogens is 568 g/mol. The van der Waals surface area contributed by atoms with Gasteiger partial charge < -0.3 is 44.2 Å². The van der Waals surface area contributed by atoms with Gasteiger partial charge in [0.05, 0.1) is 28.4 Å². The van der Waals surface area contributed by atoms with Crippen LogP contribution in [0.15, 0.2) is 48.8 Å². The average Bonchev–Trinajstić information content (AvgIpc) is 3.69. The number of carboxylic acids is 1. The summed E-state index contributed by atoms with van der Waals surface area (Å²) in [5, 5.41) is 42.1. The molecule has 0 spiro atoms. The number of phenols is 2. The van der Waals surface area contributed by atoms with Crippen molar-refractivity contribution in [3.05, 3.63) is 59.9 Å². The summed E-state index contributed by atoms with van der Waals surface area (Å²) < 4.78 is 24.2. The Morgan fingerprint density at radius 1 is 0.750 bits per heavy atom. The largest absolute Gasteiger partial charge is 0.871 e. The van der Waals surface area contributed by atoms with Crippen LogP contribution in [0, 0.1) is 0 Å². The first-order chi connectivity index (χ1) is 21.1. The van der Waals surface area contributed by atoms with Crippen molar-refractivity contribution < 1.29 is 53.3 Å². The first-order valence-electron chi connectivity index (χ1n) is 14.1. The van der Waals surface area contributed by atoms with Crippen LogP contribution < -0.4 is 29.2 Å². The predicted molar refractivity (Wildman–Crippen MR) is 163 cm³/mol. The number of benzene rings is 2. The third kappa shape index (κ3) is 8.56. The number of aromatic hydroxyl groups is 2. The number of carboxylic acid groups (broad SMARTS) is 1. The third-order valence-electron chi connectivity index (χ3n) is 7.37. The first-order valence-corrected chi connectivity index (χ1v) is 14.1. The number of allylic oxidation sites excluding steroid dienone is 2. The molecule has 4 rings (SSSR count). The molecule has 2 aromatic carbocycles. The fraction of sp³-hybridized carbons (Fsp3) is 0.364. The first kappa shape index (κ1) is 33.6. The maximum atomic E-state index is 11.4. The third-order valence-corrected chi connectivity index (χ3v) is 7.37. The van der Waals surface area contributed by atoms with E-state index >= 15 is 0 Å². The molecule has 44 heavy (non-hydrogen) atoms. The number of aliphatic carboxylic acids is 1. The normalized spacial score (nSPS) is 19.7. The molecular formula is C33H40N2O9. The van der Waals surface area contributed by atoms with Crippen molar-refractivity contribution in [2.24, 2.45) is 0 Å². The monoisotopic (exact) mass is 608 g/mol. The predicted octanol–water partition coefficient (Wildman–Crippen LogP) is 1.96. The Morgan fingerprint density at radius 3 is 1.45 bits per heavy atom. The Bertz CT molecular complexity index is 1300. The van der Waals surface area contributed by atoms with Gasteiger partial charge in [0.25, 0.3) is 0 Å². The highest BCUT2D eigenvalue weighted by molar-refractivity contribution is 5.78. The zero-order chi connectivity index (χ0) is 32.2. The molecule has 0 amide bonds. The summed E-state index contributed by atoms with van der Waals surface area (Å²) in [4.78, 5) is 11.0. The van der Waals surface area contributed by atoms with Gasteiger partial charge in [-0.25, -0.2) is 9.15 Å². The number of methoxy groups -OCH3 is 4. The van der Waals surface area contributed by atoms with Crippen molar-refractivity contribution >= 4 is 30.6 Å². The van der Waals surface area contributed by atoms with Crippen molar-refractivity contribution in [2.45, 2.75) is 37.8 Å². The van der Waals surface area contributed by atoms with Crippen molar-refractivity contribution in [3.8, 4) is 34.5 Å². The molecule has 0 radical (unpaired) electrons. The molecule has 11 nitrogen and oxygen atoms in total. The fourth-order valence-corrected chi connectivity index (χ4v) is 5.08. The molecule has 2 saturated heterocycles. The second-order valence-electron chi connectivity index (χ2n) is 10.1. The van der Waals surface area contributed by atoms with E-state index in [9.17, 15) is 25.2 Å². The number of ether oxygens (including phenoxy) is 4.